The molecular formula is C10H11ClO2. The van der Waals surface area contributed by atoms with E-state index >= 15 is 0 Å². The van der Waals surface area contributed by atoms with Crippen LogP contribution in [0.2, 0.25) is 0 Å². The highest BCUT2D eigenvalue weighted by Crippen LogP contribution is 2.17. The summed E-state index contributed by atoms with van der Waals surface area (Å²) >= 11 is 5.67. The van der Waals surface area contributed by atoms with E-state index in [1.165, 1.54) is 0 Å². The monoisotopic (exact) mass is 198 g/mol. The molecule has 1 rings (SSSR count). The fraction of sp³-hybridized carbons (Fsp3) is 0.300. The maximum atomic E-state index is 10.8. The summed E-state index contributed by atoms with van der Waals surface area (Å²) in [6.07, 6.45) is 0. The summed E-state index contributed by atoms with van der Waals surface area (Å²) in [7, 11) is 0. The lowest BCUT2D eigenvalue weighted by molar-refractivity contribution is 0.0696. The Morgan fingerprint density at radius 3 is 2.46 bits per heavy atom. The minimum atomic E-state index is -0.899. The average Bonchev–Trinajstić information content (AvgIpc) is 2.03. The van der Waals surface area contributed by atoms with Crippen molar-refractivity contribution in [3.8, 4) is 0 Å². The van der Waals surface area contributed by atoms with Gasteiger partial charge in [-0.15, -0.1) is 11.6 Å². The molecule has 0 unspecified atom stereocenters. The molecule has 1 N–H and O–H groups in total. The number of aromatic carboxylic acids is 1. The average molecular weight is 199 g/mol. The highest BCUT2D eigenvalue weighted by molar-refractivity contribution is 6.17. The second kappa shape index (κ2) is 3.79. The van der Waals surface area contributed by atoms with E-state index in [4.69, 9.17) is 16.7 Å². The van der Waals surface area contributed by atoms with Gasteiger partial charge in [-0.25, -0.2) is 4.79 Å². The zero-order valence-corrected chi connectivity index (χ0v) is 8.35. The number of hydrogen-bond acceptors (Lipinski definition) is 1. The molecule has 0 aliphatic carbocycles. The minimum absolute atomic E-state index is 0.334. The van der Waals surface area contributed by atoms with E-state index in [0.717, 1.165) is 16.7 Å². The Kier molecular flexibility index (Phi) is 2.94. The van der Waals surface area contributed by atoms with Crippen LogP contribution in [0, 0.1) is 13.8 Å². The predicted octanol–water partition coefficient (Wildman–Crippen LogP) is 2.74. The van der Waals surface area contributed by atoms with E-state index in [0.29, 0.717) is 11.4 Å². The standard InChI is InChI=1S/C10H11ClO2/c1-6-3-7(2)9(10(12)13)4-8(6)5-11/h3-4H,5H2,1-2H3,(H,12,13). The third-order valence-electron chi connectivity index (χ3n) is 2.06. The number of rotatable bonds is 2. The zero-order chi connectivity index (χ0) is 10.0. The number of halogens is 1. The third-order valence-corrected chi connectivity index (χ3v) is 2.35. The molecule has 70 valence electrons. The van der Waals surface area contributed by atoms with Gasteiger partial charge in [0, 0.05) is 5.88 Å². The molecule has 0 aromatic heterocycles. The van der Waals surface area contributed by atoms with Crippen LogP contribution in [0.4, 0.5) is 0 Å². The highest BCUT2D eigenvalue weighted by atomic mass is 35.5. The first-order chi connectivity index (χ1) is 6.06. The molecule has 0 atom stereocenters. The van der Waals surface area contributed by atoms with Crippen LogP contribution in [0.25, 0.3) is 0 Å². The first-order valence-corrected chi connectivity index (χ1v) is 4.49. The first-order valence-electron chi connectivity index (χ1n) is 3.95. The first kappa shape index (κ1) is 10.1. The van der Waals surface area contributed by atoms with E-state index in [2.05, 4.69) is 0 Å². The number of alkyl halides is 1. The molecule has 0 spiro atoms. The highest BCUT2D eigenvalue weighted by Gasteiger charge is 2.09. The van der Waals surface area contributed by atoms with Crippen molar-refractivity contribution in [3.05, 3.63) is 34.4 Å². The van der Waals surface area contributed by atoms with Crippen molar-refractivity contribution < 1.29 is 9.90 Å². The fourth-order valence-electron chi connectivity index (χ4n) is 1.27. The maximum absolute atomic E-state index is 10.8. The van der Waals surface area contributed by atoms with Crippen molar-refractivity contribution in [2.45, 2.75) is 19.7 Å². The maximum Gasteiger partial charge on any atom is 0.335 e. The van der Waals surface area contributed by atoms with Gasteiger partial charge in [0.2, 0.25) is 0 Å². The van der Waals surface area contributed by atoms with Crippen LogP contribution in [0.3, 0.4) is 0 Å². The molecule has 0 radical (unpaired) electrons. The van der Waals surface area contributed by atoms with Crippen LogP contribution in [-0.4, -0.2) is 11.1 Å². The van der Waals surface area contributed by atoms with Crippen molar-refractivity contribution in [1.82, 2.24) is 0 Å². The smallest absolute Gasteiger partial charge is 0.335 e. The van der Waals surface area contributed by atoms with Crippen LogP contribution >= 0.6 is 11.6 Å². The fourth-order valence-corrected chi connectivity index (χ4v) is 1.56. The lowest BCUT2D eigenvalue weighted by atomic mass is 10.0. The molecule has 2 nitrogen and oxygen atoms in total. The molecule has 0 bridgehead atoms. The summed E-state index contributed by atoms with van der Waals surface area (Å²) in [5.74, 6) is -0.546. The SMILES string of the molecule is Cc1cc(C)c(C(=O)O)cc1CCl. The number of hydrogen-bond donors (Lipinski definition) is 1. The van der Waals surface area contributed by atoms with Crippen LogP contribution in [0.1, 0.15) is 27.0 Å². The molecule has 1 aromatic carbocycles. The van der Waals surface area contributed by atoms with Crippen LogP contribution in [0.5, 0.6) is 0 Å². The Morgan fingerprint density at radius 2 is 2.00 bits per heavy atom. The second-order valence-corrected chi connectivity index (χ2v) is 3.30. The van der Waals surface area contributed by atoms with E-state index in [-0.39, 0.29) is 0 Å². The van der Waals surface area contributed by atoms with Crippen molar-refractivity contribution in [1.29, 1.82) is 0 Å². The molecule has 0 heterocycles. The number of carbonyl (C=O) groups is 1. The van der Waals surface area contributed by atoms with Gasteiger partial charge >= 0.3 is 5.97 Å². The van der Waals surface area contributed by atoms with Crippen LogP contribution in [-0.2, 0) is 5.88 Å². The molecule has 0 aliphatic rings. The zero-order valence-electron chi connectivity index (χ0n) is 7.60. The molecule has 13 heavy (non-hydrogen) atoms. The number of benzene rings is 1. The van der Waals surface area contributed by atoms with Gasteiger partial charge in [-0.3, -0.25) is 0 Å². The van der Waals surface area contributed by atoms with Crippen molar-refractivity contribution in [3.63, 3.8) is 0 Å². The van der Waals surface area contributed by atoms with Crippen molar-refractivity contribution in [2.75, 3.05) is 0 Å². The Balaban J connectivity index is 3.30. The van der Waals surface area contributed by atoms with Gasteiger partial charge in [0.15, 0.2) is 0 Å². The summed E-state index contributed by atoms with van der Waals surface area (Å²) in [6.45, 7) is 3.71. The summed E-state index contributed by atoms with van der Waals surface area (Å²) in [5, 5.41) is 8.83. The number of carboxylic acids is 1. The van der Waals surface area contributed by atoms with Crippen molar-refractivity contribution in [2.24, 2.45) is 0 Å². The number of aryl methyl sites for hydroxylation is 2. The Morgan fingerprint density at radius 1 is 1.38 bits per heavy atom. The van der Waals surface area contributed by atoms with E-state index in [1.807, 2.05) is 13.0 Å². The van der Waals surface area contributed by atoms with E-state index < -0.39 is 5.97 Å². The minimum Gasteiger partial charge on any atom is -0.478 e. The predicted molar refractivity (Wildman–Crippen MR) is 52.4 cm³/mol. The number of carboxylic acid groups (broad SMARTS) is 1. The van der Waals surface area contributed by atoms with Crippen molar-refractivity contribution >= 4 is 17.6 Å². The topological polar surface area (TPSA) is 37.3 Å². The van der Waals surface area contributed by atoms with Gasteiger partial charge in [0.25, 0.3) is 0 Å². The summed E-state index contributed by atoms with van der Waals surface area (Å²) < 4.78 is 0. The molecular weight excluding hydrogens is 188 g/mol. The van der Waals surface area contributed by atoms with Gasteiger partial charge in [0.1, 0.15) is 0 Å². The van der Waals surface area contributed by atoms with Crippen LogP contribution < -0.4 is 0 Å². The summed E-state index contributed by atoms with van der Waals surface area (Å²) in [6, 6.07) is 3.49. The molecule has 0 fully saturated rings. The quantitative estimate of drug-likeness (QED) is 0.742. The molecule has 0 amide bonds. The Hall–Kier alpha value is -1.02. The third kappa shape index (κ3) is 2.01. The molecule has 0 saturated heterocycles. The normalized spacial score (nSPS) is 10.1. The lowest BCUT2D eigenvalue weighted by Gasteiger charge is -2.06. The van der Waals surface area contributed by atoms with Gasteiger partial charge < -0.3 is 5.11 Å². The largest absolute Gasteiger partial charge is 0.478 e. The summed E-state index contributed by atoms with van der Waals surface area (Å²) in [5.41, 5.74) is 3.03. The van der Waals surface area contributed by atoms with E-state index in [9.17, 15) is 4.79 Å². The van der Waals surface area contributed by atoms with Gasteiger partial charge in [-0.05, 0) is 36.6 Å². The second-order valence-electron chi connectivity index (χ2n) is 3.03. The summed E-state index contributed by atoms with van der Waals surface area (Å²) in [4.78, 5) is 10.8. The molecule has 0 aliphatic heterocycles. The van der Waals surface area contributed by atoms with Gasteiger partial charge in [-0.1, -0.05) is 6.07 Å². The molecule has 0 saturated carbocycles. The Labute approximate surface area is 82.2 Å². The van der Waals surface area contributed by atoms with Gasteiger partial charge in [-0.2, -0.15) is 0 Å². The van der Waals surface area contributed by atoms with Crippen LogP contribution in [0.15, 0.2) is 12.1 Å². The van der Waals surface area contributed by atoms with Gasteiger partial charge in [0.05, 0.1) is 5.56 Å². The lowest BCUT2D eigenvalue weighted by Crippen LogP contribution is -2.02. The Bertz CT molecular complexity index is 345. The van der Waals surface area contributed by atoms with E-state index in [1.54, 1.807) is 13.0 Å². The molecule has 3 heteroatoms. The molecule has 1 aromatic rings.